The Morgan fingerprint density at radius 2 is 1.89 bits per heavy atom. The average molecular weight is 522 g/mol. The van der Waals surface area contributed by atoms with E-state index in [1.165, 1.54) is 11.3 Å². The molecule has 0 aliphatic carbocycles. The van der Waals surface area contributed by atoms with Crippen molar-refractivity contribution in [3.63, 3.8) is 0 Å². The number of amides is 1. The van der Waals surface area contributed by atoms with Gasteiger partial charge in [-0.3, -0.25) is 4.79 Å². The molecule has 0 bridgehead atoms. The lowest BCUT2D eigenvalue weighted by Crippen LogP contribution is -2.15. The summed E-state index contributed by atoms with van der Waals surface area (Å²) in [6.45, 7) is 6.05. The summed E-state index contributed by atoms with van der Waals surface area (Å²) >= 11 is 1.25. The van der Waals surface area contributed by atoms with Gasteiger partial charge in [-0.1, -0.05) is 18.2 Å². The van der Waals surface area contributed by atoms with E-state index < -0.39 is 5.97 Å². The van der Waals surface area contributed by atoms with Gasteiger partial charge in [0.1, 0.15) is 28.7 Å². The van der Waals surface area contributed by atoms with Crippen LogP contribution in [0.4, 0.5) is 5.00 Å². The SMILES string of the molecule is CCOC(=O)c1c(-c2ccc(OC)cc2)csc1NC(=O)c1cccc(OCc2nnnn2C(C)C)c1. The molecule has 0 spiro atoms. The van der Waals surface area contributed by atoms with Crippen molar-refractivity contribution in [3.05, 3.63) is 70.9 Å². The molecule has 4 rings (SSSR count). The minimum absolute atomic E-state index is 0.0907. The molecule has 2 heterocycles. The van der Waals surface area contributed by atoms with Crippen LogP contribution in [0.25, 0.3) is 11.1 Å². The maximum absolute atomic E-state index is 13.1. The number of aromatic nitrogens is 4. The molecule has 2 aromatic heterocycles. The van der Waals surface area contributed by atoms with E-state index in [0.717, 1.165) is 5.56 Å². The van der Waals surface area contributed by atoms with Crippen molar-refractivity contribution in [3.8, 4) is 22.6 Å². The summed E-state index contributed by atoms with van der Waals surface area (Å²) in [5, 5.41) is 16.7. The van der Waals surface area contributed by atoms with E-state index in [-0.39, 0.29) is 25.2 Å². The molecule has 0 atom stereocenters. The molecule has 11 heteroatoms. The van der Waals surface area contributed by atoms with Crippen molar-refractivity contribution >= 4 is 28.2 Å². The monoisotopic (exact) mass is 521 g/mol. The molecule has 0 fully saturated rings. The molecular formula is C26H27N5O5S. The van der Waals surface area contributed by atoms with E-state index in [1.807, 2.05) is 43.5 Å². The fourth-order valence-corrected chi connectivity index (χ4v) is 4.55. The predicted octanol–water partition coefficient (Wildman–Crippen LogP) is 5.00. The maximum Gasteiger partial charge on any atom is 0.341 e. The van der Waals surface area contributed by atoms with Crippen LogP contribution in [0.3, 0.4) is 0 Å². The lowest BCUT2D eigenvalue weighted by atomic mass is 10.0. The lowest BCUT2D eigenvalue weighted by Gasteiger charge is -2.11. The number of methoxy groups -OCH3 is 1. The molecule has 2 aromatic carbocycles. The Hall–Kier alpha value is -4.25. The van der Waals surface area contributed by atoms with Crippen LogP contribution in [0, 0.1) is 0 Å². The number of esters is 1. The average Bonchev–Trinajstić information content (AvgIpc) is 3.55. The van der Waals surface area contributed by atoms with Crippen LogP contribution < -0.4 is 14.8 Å². The summed E-state index contributed by atoms with van der Waals surface area (Å²) < 4.78 is 18.0. The number of hydrogen-bond acceptors (Lipinski definition) is 9. The number of tetrazole rings is 1. The molecule has 0 saturated carbocycles. The normalized spacial score (nSPS) is 10.8. The fraction of sp³-hybridized carbons (Fsp3) is 0.269. The molecule has 4 aromatic rings. The highest BCUT2D eigenvalue weighted by atomic mass is 32.1. The number of carbonyl (C=O) groups is 2. The highest BCUT2D eigenvalue weighted by Crippen LogP contribution is 2.37. The number of carbonyl (C=O) groups excluding carboxylic acids is 2. The summed E-state index contributed by atoms with van der Waals surface area (Å²) in [5.41, 5.74) is 2.15. The van der Waals surface area contributed by atoms with Crippen LogP contribution in [0.5, 0.6) is 11.5 Å². The Morgan fingerprint density at radius 1 is 1.11 bits per heavy atom. The van der Waals surface area contributed by atoms with Crippen molar-refractivity contribution in [2.24, 2.45) is 0 Å². The fourth-order valence-electron chi connectivity index (χ4n) is 3.60. The zero-order valence-corrected chi connectivity index (χ0v) is 21.7. The van der Waals surface area contributed by atoms with Gasteiger partial charge in [-0.25, -0.2) is 9.48 Å². The van der Waals surface area contributed by atoms with Gasteiger partial charge in [0.15, 0.2) is 5.82 Å². The van der Waals surface area contributed by atoms with Crippen LogP contribution in [-0.4, -0.2) is 45.8 Å². The van der Waals surface area contributed by atoms with Gasteiger partial charge in [0, 0.05) is 16.5 Å². The van der Waals surface area contributed by atoms with E-state index in [4.69, 9.17) is 14.2 Å². The van der Waals surface area contributed by atoms with Gasteiger partial charge >= 0.3 is 5.97 Å². The van der Waals surface area contributed by atoms with E-state index in [2.05, 4.69) is 20.8 Å². The minimum Gasteiger partial charge on any atom is -0.497 e. The van der Waals surface area contributed by atoms with E-state index in [9.17, 15) is 9.59 Å². The zero-order valence-electron chi connectivity index (χ0n) is 20.9. The largest absolute Gasteiger partial charge is 0.497 e. The van der Waals surface area contributed by atoms with Crippen LogP contribution in [0.2, 0.25) is 0 Å². The topological polar surface area (TPSA) is 117 Å². The second-order valence-corrected chi connectivity index (χ2v) is 9.09. The van der Waals surface area contributed by atoms with Crippen molar-refractivity contribution in [2.45, 2.75) is 33.4 Å². The van der Waals surface area contributed by atoms with Gasteiger partial charge in [-0.2, -0.15) is 0 Å². The first-order valence-electron chi connectivity index (χ1n) is 11.6. The molecule has 1 N–H and O–H groups in total. The molecule has 37 heavy (non-hydrogen) atoms. The molecule has 0 unspecified atom stereocenters. The predicted molar refractivity (Wildman–Crippen MR) is 139 cm³/mol. The highest BCUT2D eigenvalue weighted by Gasteiger charge is 2.23. The number of rotatable bonds is 10. The van der Waals surface area contributed by atoms with Crippen LogP contribution in [0.15, 0.2) is 53.9 Å². The number of anilines is 1. The number of thiophene rings is 1. The van der Waals surface area contributed by atoms with E-state index in [0.29, 0.717) is 39.0 Å². The van der Waals surface area contributed by atoms with Gasteiger partial charge in [-0.15, -0.1) is 16.4 Å². The van der Waals surface area contributed by atoms with Crippen molar-refractivity contribution in [1.82, 2.24) is 20.2 Å². The molecule has 10 nitrogen and oxygen atoms in total. The minimum atomic E-state index is -0.509. The molecule has 0 radical (unpaired) electrons. The quantitative estimate of drug-likeness (QED) is 0.290. The van der Waals surface area contributed by atoms with Crippen molar-refractivity contribution in [1.29, 1.82) is 0 Å². The third-order valence-corrected chi connectivity index (χ3v) is 6.31. The molecule has 0 aliphatic rings. The third kappa shape index (κ3) is 5.95. The maximum atomic E-state index is 13.1. The van der Waals surface area contributed by atoms with Gasteiger partial charge in [0.05, 0.1) is 19.8 Å². The Morgan fingerprint density at radius 3 is 2.59 bits per heavy atom. The van der Waals surface area contributed by atoms with Crippen LogP contribution in [-0.2, 0) is 11.3 Å². The van der Waals surface area contributed by atoms with Gasteiger partial charge in [-0.05, 0) is 67.1 Å². The summed E-state index contributed by atoms with van der Waals surface area (Å²) in [7, 11) is 1.59. The summed E-state index contributed by atoms with van der Waals surface area (Å²) in [5.74, 6) is 0.874. The smallest absolute Gasteiger partial charge is 0.341 e. The molecular weight excluding hydrogens is 494 g/mol. The van der Waals surface area contributed by atoms with Gasteiger partial charge in [0.25, 0.3) is 5.91 Å². The molecule has 192 valence electrons. The number of nitrogens with one attached hydrogen (secondary N) is 1. The Balaban J connectivity index is 1.54. The summed E-state index contributed by atoms with van der Waals surface area (Å²) in [4.78, 5) is 26.0. The summed E-state index contributed by atoms with van der Waals surface area (Å²) in [6.07, 6.45) is 0. The van der Waals surface area contributed by atoms with Crippen molar-refractivity contribution in [2.75, 3.05) is 19.0 Å². The number of hydrogen-bond donors (Lipinski definition) is 1. The Kier molecular flexibility index (Phi) is 8.14. The van der Waals surface area contributed by atoms with E-state index in [1.54, 1.807) is 43.0 Å². The second kappa shape index (κ2) is 11.7. The lowest BCUT2D eigenvalue weighted by molar-refractivity contribution is 0.0529. The standard InChI is InChI=1S/C26H27N5O5S/c1-5-35-26(33)23-21(17-9-11-19(34-4)12-10-17)15-37-25(23)27-24(32)18-7-6-8-20(13-18)36-14-22-28-29-30-31(22)16(2)3/h6-13,15-16H,5,14H2,1-4H3,(H,27,32). The Bertz CT molecular complexity index is 1380. The van der Waals surface area contributed by atoms with Gasteiger partial charge < -0.3 is 19.5 Å². The molecule has 0 saturated heterocycles. The first-order valence-corrected chi connectivity index (χ1v) is 12.5. The van der Waals surface area contributed by atoms with E-state index >= 15 is 0 Å². The third-order valence-electron chi connectivity index (χ3n) is 5.41. The molecule has 0 aliphatic heterocycles. The number of nitrogens with zero attached hydrogens (tertiary/aromatic N) is 4. The van der Waals surface area contributed by atoms with Gasteiger partial charge in [0.2, 0.25) is 0 Å². The first-order chi connectivity index (χ1) is 17.9. The zero-order chi connectivity index (χ0) is 26.4. The summed E-state index contributed by atoms with van der Waals surface area (Å²) in [6, 6.07) is 14.2. The second-order valence-electron chi connectivity index (χ2n) is 8.21. The van der Waals surface area contributed by atoms with Crippen LogP contribution >= 0.6 is 11.3 Å². The van der Waals surface area contributed by atoms with Crippen LogP contribution in [0.1, 0.15) is 53.4 Å². The van der Waals surface area contributed by atoms with Crippen molar-refractivity contribution < 1.29 is 23.8 Å². The Labute approximate surface area is 218 Å². The first kappa shape index (κ1) is 25.8. The number of ether oxygens (including phenoxy) is 3. The highest BCUT2D eigenvalue weighted by molar-refractivity contribution is 7.15. The number of benzene rings is 2. The molecule has 1 amide bonds.